The molecule has 104 valence electrons. The molecule has 0 aromatic carbocycles. The van der Waals surface area contributed by atoms with Gasteiger partial charge < -0.3 is 10.6 Å². The number of likely N-dealkylation sites (tertiary alicyclic amines) is 1. The smallest absolute Gasteiger partial charge is 0.227 e. The largest absolute Gasteiger partial charge is 0.340 e. The minimum absolute atomic E-state index is 0. The van der Waals surface area contributed by atoms with Crippen molar-refractivity contribution >= 4 is 18.3 Å². The van der Waals surface area contributed by atoms with Crippen LogP contribution in [0.2, 0.25) is 0 Å². The summed E-state index contributed by atoms with van der Waals surface area (Å²) in [7, 11) is 0. The van der Waals surface area contributed by atoms with E-state index in [1.165, 1.54) is 38.5 Å². The Balaban J connectivity index is 0.00000120. The van der Waals surface area contributed by atoms with E-state index in [1.54, 1.807) is 0 Å². The number of fused-ring (bicyclic) bond motifs is 2. The molecule has 1 saturated heterocycles. The summed E-state index contributed by atoms with van der Waals surface area (Å²) in [6.07, 6.45) is 7.31. The Labute approximate surface area is 116 Å². The van der Waals surface area contributed by atoms with Crippen LogP contribution in [0.4, 0.5) is 0 Å². The average molecular weight is 273 g/mol. The molecule has 2 bridgehead atoms. The lowest BCUT2D eigenvalue weighted by atomic mass is 9.83. The summed E-state index contributed by atoms with van der Waals surface area (Å²) in [6.45, 7) is 3.15. The molecule has 1 heterocycles. The highest BCUT2D eigenvalue weighted by Crippen LogP contribution is 2.48. The van der Waals surface area contributed by atoms with E-state index in [-0.39, 0.29) is 24.4 Å². The highest BCUT2D eigenvalue weighted by Gasteiger charge is 2.50. The minimum atomic E-state index is 0. The van der Waals surface area contributed by atoms with Crippen molar-refractivity contribution in [2.45, 2.75) is 57.5 Å². The van der Waals surface area contributed by atoms with Gasteiger partial charge in [0.25, 0.3) is 0 Å². The van der Waals surface area contributed by atoms with Gasteiger partial charge in [0.05, 0.1) is 5.92 Å². The summed E-state index contributed by atoms with van der Waals surface area (Å²) in [6, 6.07) is 0.581. The maximum atomic E-state index is 12.7. The number of rotatable bonds is 1. The van der Waals surface area contributed by atoms with Crippen molar-refractivity contribution in [2.24, 2.45) is 23.5 Å². The monoisotopic (exact) mass is 272 g/mol. The van der Waals surface area contributed by atoms with E-state index in [9.17, 15) is 4.79 Å². The molecule has 3 aliphatic rings. The summed E-state index contributed by atoms with van der Waals surface area (Å²) in [4.78, 5) is 14.8. The second-order valence-corrected chi connectivity index (χ2v) is 6.31. The van der Waals surface area contributed by atoms with Gasteiger partial charge >= 0.3 is 0 Å². The molecule has 0 aromatic heterocycles. The molecule has 1 amide bonds. The van der Waals surface area contributed by atoms with E-state index in [0.717, 1.165) is 6.54 Å². The molecule has 5 unspecified atom stereocenters. The van der Waals surface area contributed by atoms with E-state index in [4.69, 9.17) is 5.73 Å². The number of hydrogen-bond acceptors (Lipinski definition) is 2. The Kier molecular flexibility index (Phi) is 4.22. The maximum absolute atomic E-state index is 12.7. The molecule has 5 atom stereocenters. The number of nitrogens with zero attached hydrogens (tertiary/aromatic N) is 1. The number of carbonyl (C=O) groups excluding carboxylic acids is 1. The molecule has 2 aliphatic carbocycles. The van der Waals surface area contributed by atoms with Gasteiger partial charge in [-0.2, -0.15) is 0 Å². The molecule has 3 fully saturated rings. The third-order valence-electron chi connectivity index (χ3n) is 5.35. The van der Waals surface area contributed by atoms with Gasteiger partial charge in [-0.15, -0.1) is 12.4 Å². The van der Waals surface area contributed by atoms with Crippen LogP contribution in [0.3, 0.4) is 0 Å². The van der Waals surface area contributed by atoms with Crippen LogP contribution in [0.15, 0.2) is 0 Å². The van der Waals surface area contributed by atoms with E-state index in [2.05, 4.69) is 11.8 Å². The zero-order valence-corrected chi connectivity index (χ0v) is 12.0. The first-order chi connectivity index (χ1) is 8.18. The predicted molar refractivity (Wildman–Crippen MR) is 74.6 cm³/mol. The van der Waals surface area contributed by atoms with Crippen molar-refractivity contribution in [1.82, 2.24) is 4.90 Å². The zero-order valence-electron chi connectivity index (χ0n) is 11.2. The fourth-order valence-corrected chi connectivity index (χ4v) is 4.32. The highest BCUT2D eigenvalue weighted by atomic mass is 35.5. The van der Waals surface area contributed by atoms with Gasteiger partial charge in [-0.3, -0.25) is 4.79 Å². The van der Waals surface area contributed by atoms with Gasteiger partial charge in [0, 0.05) is 18.6 Å². The highest BCUT2D eigenvalue weighted by molar-refractivity contribution is 5.85. The third kappa shape index (κ3) is 2.16. The Morgan fingerprint density at radius 2 is 1.89 bits per heavy atom. The van der Waals surface area contributed by atoms with Gasteiger partial charge in [0.15, 0.2) is 0 Å². The fourth-order valence-electron chi connectivity index (χ4n) is 4.32. The lowest BCUT2D eigenvalue weighted by Gasteiger charge is -2.38. The molecule has 2 saturated carbocycles. The second-order valence-electron chi connectivity index (χ2n) is 6.31. The minimum Gasteiger partial charge on any atom is -0.340 e. The van der Waals surface area contributed by atoms with Crippen molar-refractivity contribution in [3.05, 3.63) is 0 Å². The molecule has 0 spiro atoms. The van der Waals surface area contributed by atoms with Gasteiger partial charge in [-0.05, 0) is 57.3 Å². The summed E-state index contributed by atoms with van der Waals surface area (Å²) in [5.41, 5.74) is 6.27. The Morgan fingerprint density at radius 1 is 1.17 bits per heavy atom. The quantitative estimate of drug-likeness (QED) is 0.795. The van der Waals surface area contributed by atoms with E-state index in [0.29, 0.717) is 23.8 Å². The van der Waals surface area contributed by atoms with Gasteiger partial charge in [0.2, 0.25) is 5.91 Å². The average Bonchev–Trinajstić information content (AvgIpc) is 2.89. The van der Waals surface area contributed by atoms with Crippen LogP contribution >= 0.6 is 12.4 Å². The van der Waals surface area contributed by atoms with Gasteiger partial charge in [-0.1, -0.05) is 0 Å². The molecule has 0 radical (unpaired) electrons. The molecular formula is C14H25ClN2O. The van der Waals surface area contributed by atoms with Crippen molar-refractivity contribution in [3.63, 3.8) is 0 Å². The summed E-state index contributed by atoms with van der Waals surface area (Å²) in [5.74, 6) is 1.75. The molecule has 18 heavy (non-hydrogen) atoms. The summed E-state index contributed by atoms with van der Waals surface area (Å²) in [5, 5.41) is 0. The lowest BCUT2D eigenvalue weighted by Crippen LogP contribution is -2.51. The molecule has 3 rings (SSSR count). The van der Waals surface area contributed by atoms with Crippen molar-refractivity contribution in [1.29, 1.82) is 0 Å². The maximum Gasteiger partial charge on any atom is 0.227 e. The topological polar surface area (TPSA) is 46.3 Å². The first-order valence-corrected chi connectivity index (χ1v) is 7.24. The first-order valence-electron chi connectivity index (χ1n) is 7.24. The van der Waals surface area contributed by atoms with Crippen LogP contribution < -0.4 is 5.73 Å². The molecule has 1 aliphatic heterocycles. The molecule has 3 nitrogen and oxygen atoms in total. The van der Waals surface area contributed by atoms with Crippen LogP contribution in [-0.2, 0) is 4.79 Å². The van der Waals surface area contributed by atoms with Crippen molar-refractivity contribution < 1.29 is 4.79 Å². The van der Waals surface area contributed by atoms with E-state index >= 15 is 0 Å². The number of amides is 1. The Hall–Kier alpha value is -0.280. The summed E-state index contributed by atoms with van der Waals surface area (Å²) >= 11 is 0. The fraction of sp³-hybridized carbons (Fsp3) is 0.929. The van der Waals surface area contributed by atoms with Crippen LogP contribution in [0.1, 0.15) is 45.4 Å². The molecule has 4 heteroatoms. The van der Waals surface area contributed by atoms with Crippen molar-refractivity contribution in [3.8, 4) is 0 Å². The molecule has 0 aromatic rings. The normalized spacial score (nSPS) is 42.8. The molecular weight excluding hydrogens is 248 g/mol. The number of halogens is 1. The Morgan fingerprint density at radius 3 is 2.50 bits per heavy atom. The number of hydrogen-bond donors (Lipinski definition) is 1. The van der Waals surface area contributed by atoms with Crippen LogP contribution in [0, 0.1) is 17.8 Å². The zero-order chi connectivity index (χ0) is 12.0. The first kappa shape index (κ1) is 14.1. The van der Waals surface area contributed by atoms with Crippen molar-refractivity contribution in [2.75, 3.05) is 6.54 Å². The predicted octanol–water partition coefficient (Wildman–Crippen LogP) is 2.18. The Bertz CT molecular complexity index is 321. The molecule has 2 N–H and O–H groups in total. The number of carbonyl (C=O) groups is 1. The summed E-state index contributed by atoms with van der Waals surface area (Å²) < 4.78 is 0. The van der Waals surface area contributed by atoms with E-state index < -0.39 is 0 Å². The van der Waals surface area contributed by atoms with Crippen LogP contribution in [0.5, 0.6) is 0 Å². The number of piperidine rings is 1. The second kappa shape index (κ2) is 5.38. The third-order valence-corrected chi connectivity index (χ3v) is 5.35. The number of nitrogens with two attached hydrogens (primary N) is 1. The van der Waals surface area contributed by atoms with Crippen LogP contribution in [-0.4, -0.2) is 29.4 Å². The van der Waals surface area contributed by atoms with E-state index in [1.807, 2.05) is 0 Å². The SMILES string of the molecule is CC1CCCCN1C(=O)C1C2CCC(C2)C1N.Cl. The van der Waals surface area contributed by atoms with Crippen LogP contribution in [0.25, 0.3) is 0 Å². The van der Waals surface area contributed by atoms with Gasteiger partial charge in [0.1, 0.15) is 0 Å². The van der Waals surface area contributed by atoms with Gasteiger partial charge in [-0.25, -0.2) is 0 Å². The standard InChI is InChI=1S/C14H24N2O.ClH/c1-9-4-2-3-7-16(9)14(17)12-10-5-6-11(8-10)13(12)15;/h9-13H,2-8,15H2,1H3;1H. The lowest BCUT2D eigenvalue weighted by molar-refractivity contribution is -0.141.